The first-order valence-corrected chi connectivity index (χ1v) is 17.8. The van der Waals surface area contributed by atoms with Crippen LogP contribution in [0.1, 0.15) is 66.3 Å². The average molecular weight is 682 g/mol. The maximum atomic E-state index is 14.4. The number of benzene rings is 3. The quantitative estimate of drug-likeness (QED) is 0.266. The summed E-state index contributed by atoms with van der Waals surface area (Å²) in [5.41, 5.74) is 1.60. The lowest BCUT2D eigenvalue weighted by molar-refractivity contribution is -0.0177. The Hall–Kier alpha value is -3.97. The highest BCUT2D eigenvalue weighted by atomic mass is 32.2. The van der Waals surface area contributed by atoms with Crippen LogP contribution in [-0.4, -0.2) is 91.9 Å². The third-order valence-corrected chi connectivity index (χ3v) is 9.90. The SMILES string of the molecule is C[C@H]1CCCCO[C@H](CN(C)Cc2ccc(C(=O)O)cc2)[C@@H](C)CN([C@@H](C)CO)C(=O)c2cc(NS(=O)(=O)c3ccccc3)ccc2O1. The Morgan fingerprint density at radius 2 is 1.77 bits per heavy atom. The molecule has 12 heteroatoms. The highest BCUT2D eigenvalue weighted by Crippen LogP contribution is 2.29. The van der Waals surface area contributed by atoms with Crippen molar-refractivity contribution in [2.45, 2.75) is 69.7 Å². The van der Waals surface area contributed by atoms with Gasteiger partial charge in [0.05, 0.1) is 40.9 Å². The number of carboxylic acids is 1. The summed E-state index contributed by atoms with van der Waals surface area (Å²) < 4.78 is 41.5. The second-order valence-electron chi connectivity index (χ2n) is 12.6. The third-order valence-electron chi connectivity index (χ3n) is 8.50. The fourth-order valence-corrected chi connectivity index (χ4v) is 6.77. The number of aliphatic hydroxyl groups excluding tert-OH is 1. The minimum absolute atomic E-state index is 0.0962. The lowest BCUT2D eigenvalue weighted by Crippen LogP contribution is -2.47. The molecule has 4 atom stereocenters. The van der Waals surface area contributed by atoms with Crippen LogP contribution in [0, 0.1) is 5.92 Å². The molecule has 0 spiro atoms. The van der Waals surface area contributed by atoms with Gasteiger partial charge in [0.25, 0.3) is 15.9 Å². The van der Waals surface area contributed by atoms with Gasteiger partial charge in [-0.25, -0.2) is 13.2 Å². The number of nitrogens with zero attached hydrogens (tertiary/aromatic N) is 2. The van der Waals surface area contributed by atoms with E-state index in [1.165, 1.54) is 18.2 Å². The van der Waals surface area contributed by atoms with Crippen molar-refractivity contribution >= 4 is 27.6 Å². The molecular weight excluding hydrogens is 634 g/mol. The van der Waals surface area contributed by atoms with Crippen LogP contribution in [0.15, 0.2) is 77.7 Å². The molecule has 0 unspecified atom stereocenters. The lowest BCUT2D eigenvalue weighted by atomic mass is 10.0. The molecule has 3 aromatic rings. The Kier molecular flexibility index (Phi) is 13.0. The van der Waals surface area contributed by atoms with E-state index in [2.05, 4.69) is 9.62 Å². The van der Waals surface area contributed by atoms with Crippen LogP contribution < -0.4 is 9.46 Å². The van der Waals surface area contributed by atoms with Gasteiger partial charge in [-0.05, 0) is 88.2 Å². The summed E-state index contributed by atoms with van der Waals surface area (Å²) in [4.78, 5) is 29.4. The number of aromatic carboxylic acids is 1. The fourth-order valence-electron chi connectivity index (χ4n) is 5.70. The number of aliphatic hydroxyl groups is 1. The fraction of sp³-hybridized carbons (Fsp3) is 0.444. The Morgan fingerprint density at radius 1 is 1.06 bits per heavy atom. The summed E-state index contributed by atoms with van der Waals surface area (Å²) in [5, 5.41) is 19.5. The number of carboxylic acid groups (broad SMARTS) is 1. The molecule has 48 heavy (non-hydrogen) atoms. The predicted octanol–water partition coefficient (Wildman–Crippen LogP) is 5.11. The summed E-state index contributed by atoms with van der Waals surface area (Å²) in [6.07, 6.45) is 1.92. The Labute approximate surface area is 283 Å². The molecule has 1 aliphatic heterocycles. The topological polar surface area (TPSA) is 146 Å². The normalized spacial score (nSPS) is 20.3. The zero-order valence-corrected chi connectivity index (χ0v) is 28.9. The molecule has 0 aromatic heterocycles. The Balaban J connectivity index is 1.61. The molecule has 0 saturated heterocycles. The largest absolute Gasteiger partial charge is 0.490 e. The number of carbonyl (C=O) groups excluding carboxylic acids is 1. The molecule has 260 valence electrons. The molecule has 3 N–H and O–H groups in total. The summed E-state index contributed by atoms with van der Waals surface area (Å²) in [6, 6.07) is 18.9. The number of nitrogens with one attached hydrogen (secondary N) is 1. The van der Waals surface area contributed by atoms with Crippen molar-refractivity contribution in [3.05, 3.63) is 89.5 Å². The number of carbonyl (C=O) groups is 2. The molecule has 0 saturated carbocycles. The molecule has 0 radical (unpaired) electrons. The maximum Gasteiger partial charge on any atom is 0.335 e. The molecule has 1 aliphatic rings. The van der Waals surface area contributed by atoms with E-state index in [1.807, 2.05) is 20.9 Å². The molecule has 1 amide bonds. The van der Waals surface area contributed by atoms with E-state index >= 15 is 0 Å². The van der Waals surface area contributed by atoms with Crippen LogP contribution in [0.5, 0.6) is 5.75 Å². The number of hydrogen-bond acceptors (Lipinski definition) is 8. The van der Waals surface area contributed by atoms with Gasteiger partial charge in [0.15, 0.2) is 0 Å². The van der Waals surface area contributed by atoms with Crippen molar-refractivity contribution in [1.29, 1.82) is 0 Å². The van der Waals surface area contributed by atoms with Crippen molar-refractivity contribution < 1.29 is 37.7 Å². The van der Waals surface area contributed by atoms with E-state index in [4.69, 9.17) is 9.47 Å². The average Bonchev–Trinajstić information content (AvgIpc) is 3.06. The summed E-state index contributed by atoms with van der Waals surface area (Å²) >= 11 is 0. The minimum atomic E-state index is -3.91. The van der Waals surface area contributed by atoms with Crippen molar-refractivity contribution in [1.82, 2.24) is 9.80 Å². The molecule has 0 bridgehead atoms. The van der Waals surface area contributed by atoms with Crippen LogP contribution >= 0.6 is 0 Å². The first kappa shape index (κ1) is 36.9. The number of anilines is 1. The van der Waals surface area contributed by atoms with E-state index in [0.29, 0.717) is 25.4 Å². The first-order valence-electron chi connectivity index (χ1n) is 16.3. The molecule has 0 fully saturated rings. The Morgan fingerprint density at radius 3 is 2.44 bits per heavy atom. The van der Waals surface area contributed by atoms with Crippen LogP contribution in [0.2, 0.25) is 0 Å². The standard InChI is InChI=1S/C36H47N3O8S/c1-25-21-39(26(2)24-40)35(41)32-20-30(37-48(44,45)31-11-6-5-7-12-31)17-18-33(32)47-27(3)10-8-9-19-46-34(25)23-38(4)22-28-13-15-29(16-14-28)36(42)43/h5-7,11-18,20,25-27,34,37,40H,8-10,19,21-24H2,1-4H3,(H,42,43)/t25-,26-,27-,34+/m0/s1. The first-order chi connectivity index (χ1) is 22.9. The smallest absolute Gasteiger partial charge is 0.335 e. The van der Waals surface area contributed by atoms with Crippen molar-refractivity contribution in [2.75, 3.05) is 38.1 Å². The van der Waals surface area contributed by atoms with Gasteiger partial charge in [-0.1, -0.05) is 37.3 Å². The van der Waals surface area contributed by atoms with Crippen molar-refractivity contribution in [3.8, 4) is 5.75 Å². The molecule has 3 aromatic carbocycles. The molecule has 0 aliphatic carbocycles. The van der Waals surface area contributed by atoms with Crippen LogP contribution in [0.4, 0.5) is 5.69 Å². The van der Waals surface area contributed by atoms with Gasteiger partial charge in [-0.15, -0.1) is 0 Å². The molecule has 11 nitrogen and oxygen atoms in total. The zero-order chi connectivity index (χ0) is 34.8. The monoisotopic (exact) mass is 681 g/mol. The highest BCUT2D eigenvalue weighted by molar-refractivity contribution is 7.92. The van der Waals surface area contributed by atoms with Crippen LogP contribution in [0.3, 0.4) is 0 Å². The van der Waals surface area contributed by atoms with E-state index in [0.717, 1.165) is 24.8 Å². The van der Waals surface area contributed by atoms with Gasteiger partial charge < -0.3 is 24.6 Å². The van der Waals surface area contributed by atoms with Gasteiger partial charge in [0, 0.05) is 37.8 Å². The van der Waals surface area contributed by atoms with Gasteiger partial charge in [-0.3, -0.25) is 14.4 Å². The number of amides is 1. The number of likely N-dealkylation sites (N-methyl/N-ethyl adjacent to an activating group) is 1. The number of fused-ring (bicyclic) bond motifs is 1. The van der Waals surface area contributed by atoms with E-state index in [9.17, 15) is 28.2 Å². The second-order valence-corrected chi connectivity index (χ2v) is 14.3. The Bertz CT molecular complexity index is 1620. The summed E-state index contributed by atoms with van der Waals surface area (Å²) in [5.74, 6) is -1.17. The van der Waals surface area contributed by atoms with E-state index < -0.39 is 27.9 Å². The number of ether oxygens (including phenoxy) is 2. The minimum Gasteiger partial charge on any atom is -0.490 e. The number of hydrogen-bond donors (Lipinski definition) is 3. The van der Waals surface area contributed by atoms with Gasteiger partial charge in [0.1, 0.15) is 5.75 Å². The second kappa shape index (κ2) is 16.9. The highest BCUT2D eigenvalue weighted by Gasteiger charge is 2.30. The van der Waals surface area contributed by atoms with E-state index in [1.54, 1.807) is 66.4 Å². The lowest BCUT2D eigenvalue weighted by Gasteiger charge is -2.36. The molecular formula is C36H47N3O8S. The third kappa shape index (κ3) is 10.0. The van der Waals surface area contributed by atoms with Gasteiger partial charge in [-0.2, -0.15) is 0 Å². The van der Waals surface area contributed by atoms with Crippen molar-refractivity contribution in [3.63, 3.8) is 0 Å². The van der Waals surface area contributed by atoms with Crippen LogP contribution in [0.25, 0.3) is 0 Å². The van der Waals surface area contributed by atoms with Gasteiger partial charge >= 0.3 is 5.97 Å². The zero-order valence-electron chi connectivity index (χ0n) is 28.0. The number of rotatable bonds is 10. The maximum absolute atomic E-state index is 14.4. The van der Waals surface area contributed by atoms with Gasteiger partial charge in [0.2, 0.25) is 0 Å². The molecule has 1 heterocycles. The van der Waals surface area contributed by atoms with Crippen molar-refractivity contribution in [2.24, 2.45) is 5.92 Å². The summed E-state index contributed by atoms with van der Waals surface area (Å²) in [7, 11) is -1.94. The van der Waals surface area contributed by atoms with Crippen LogP contribution in [-0.2, 0) is 21.3 Å². The predicted molar refractivity (Wildman–Crippen MR) is 184 cm³/mol. The summed E-state index contributed by atoms with van der Waals surface area (Å²) in [6.45, 7) is 7.37. The molecule has 4 rings (SSSR count). The van der Waals surface area contributed by atoms with E-state index in [-0.39, 0.29) is 53.0 Å². The number of sulfonamides is 1.